The van der Waals surface area contributed by atoms with Gasteiger partial charge in [0.2, 0.25) is 0 Å². The highest BCUT2D eigenvalue weighted by Gasteiger charge is 2.23. The third-order valence-electron chi connectivity index (χ3n) is 3.25. The zero-order valence-corrected chi connectivity index (χ0v) is 15.0. The number of nitrogens with zero attached hydrogens (tertiary/aromatic N) is 3. The molecule has 0 radical (unpaired) electrons. The molecular weight excluding hydrogens is 384 g/mol. The fraction of sp³-hybridized carbons (Fsp3) is 0.429. The largest absolute Gasteiger partial charge is 0.305 e. The molecule has 108 valence electrons. The predicted octanol–water partition coefficient (Wildman–Crippen LogP) is 3.74. The SMILES string of the molecule is CCCNC(c1cc(Br)ccc1C)c1c(Br)nnn1C. The van der Waals surface area contributed by atoms with Gasteiger partial charge < -0.3 is 5.32 Å². The summed E-state index contributed by atoms with van der Waals surface area (Å²) in [6.45, 7) is 5.22. The van der Waals surface area contributed by atoms with E-state index in [0.717, 1.165) is 27.7 Å². The van der Waals surface area contributed by atoms with Crippen LogP contribution in [0.4, 0.5) is 0 Å². The maximum Gasteiger partial charge on any atom is 0.153 e. The molecule has 20 heavy (non-hydrogen) atoms. The van der Waals surface area contributed by atoms with E-state index in [0.29, 0.717) is 0 Å². The number of benzene rings is 1. The van der Waals surface area contributed by atoms with E-state index >= 15 is 0 Å². The van der Waals surface area contributed by atoms with E-state index in [9.17, 15) is 0 Å². The normalized spacial score (nSPS) is 12.7. The van der Waals surface area contributed by atoms with Crippen molar-refractivity contribution < 1.29 is 0 Å². The van der Waals surface area contributed by atoms with Gasteiger partial charge in [-0.2, -0.15) is 0 Å². The molecular formula is C14H18Br2N4. The summed E-state index contributed by atoms with van der Waals surface area (Å²) in [5.41, 5.74) is 3.52. The Bertz CT molecular complexity index is 575. The fourth-order valence-electron chi connectivity index (χ4n) is 2.21. The first-order valence-corrected chi connectivity index (χ1v) is 8.17. The first-order valence-electron chi connectivity index (χ1n) is 6.59. The van der Waals surface area contributed by atoms with Crippen molar-refractivity contribution in [2.75, 3.05) is 6.54 Å². The highest BCUT2D eigenvalue weighted by atomic mass is 79.9. The van der Waals surface area contributed by atoms with Crippen LogP contribution in [-0.4, -0.2) is 21.5 Å². The smallest absolute Gasteiger partial charge is 0.153 e. The van der Waals surface area contributed by atoms with Gasteiger partial charge in [0.05, 0.1) is 11.7 Å². The molecule has 4 nitrogen and oxygen atoms in total. The quantitative estimate of drug-likeness (QED) is 0.829. The van der Waals surface area contributed by atoms with Gasteiger partial charge in [-0.05, 0) is 59.1 Å². The summed E-state index contributed by atoms with van der Waals surface area (Å²) >= 11 is 7.06. The standard InChI is InChI=1S/C14H18Br2N4/c1-4-7-17-12(13-14(16)18-19-20(13)3)11-8-10(15)6-5-9(11)2/h5-6,8,12,17H,4,7H2,1-3H3. The maximum atomic E-state index is 4.10. The number of aromatic nitrogens is 3. The van der Waals surface area contributed by atoms with Crippen LogP contribution in [0, 0.1) is 6.92 Å². The van der Waals surface area contributed by atoms with Gasteiger partial charge in [-0.25, -0.2) is 4.68 Å². The Hall–Kier alpha value is -0.720. The van der Waals surface area contributed by atoms with Crippen molar-refractivity contribution in [3.05, 3.63) is 44.1 Å². The summed E-state index contributed by atoms with van der Waals surface area (Å²) in [6, 6.07) is 6.41. The van der Waals surface area contributed by atoms with E-state index in [1.54, 1.807) is 0 Å². The monoisotopic (exact) mass is 400 g/mol. The van der Waals surface area contributed by atoms with Crippen LogP contribution in [0.5, 0.6) is 0 Å². The van der Waals surface area contributed by atoms with Crippen LogP contribution in [0.25, 0.3) is 0 Å². The Morgan fingerprint density at radius 3 is 2.70 bits per heavy atom. The molecule has 1 unspecified atom stereocenters. The van der Waals surface area contributed by atoms with Crippen LogP contribution < -0.4 is 5.32 Å². The Labute approximate surface area is 136 Å². The number of hydrogen-bond donors (Lipinski definition) is 1. The van der Waals surface area contributed by atoms with Gasteiger partial charge in [-0.15, -0.1) is 5.10 Å². The molecule has 0 aliphatic heterocycles. The van der Waals surface area contributed by atoms with Crippen molar-refractivity contribution in [3.63, 3.8) is 0 Å². The van der Waals surface area contributed by atoms with Crippen LogP contribution in [0.3, 0.4) is 0 Å². The lowest BCUT2D eigenvalue weighted by atomic mass is 9.99. The van der Waals surface area contributed by atoms with E-state index in [1.165, 1.54) is 11.1 Å². The molecule has 0 fully saturated rings. The third-order valence-corrected chi connectivity index (χ3v) is 4.31. The molecule has 1 aromatic heterocycles. The molecule has 1 N–H and O–H groups in total. The Morgan fingerprint density at radius 2 is 2.10 bits per heavy atom. The molecule has 0 saturated carbocycles. The highest BCUT2D eigenvalue weighted by molar-refractivity contribution is 9.10. The molecule has 1 atom stereocenters. The summed E-state index contributed by atoms with van der Waals surface area (Å²) in [5, 5.41) is 11.8. The van der Waals surface area contributed by atoms with Gasteiger partial charge in [0.25, 0.3) is 0 Å². The fourth-order valence-corrected chi connectivity index (χ4v) is 3.15. The molecule has 0 aliphatic carbocycles. The van der Waals surface area contributed by atoms with E-state index in [2.05, 4.69) is 79.5 Å². The minimum atomic E-state index is 0.0711. The van der Waals surface area contributed by atoms with Crippen molar-refractivity contribution in [2.24, 2.45) is 7.05 Å². The van der Waals surface area contributed by atoms with Crippen LogP contribution in [0.2, 0.25) is 0 Å². The van der Waals surface area contributed by atoms with Crippen LogP contribution >= 0.6 is 31.9 Å². The lowest BCUT2D eigenvalue weighted by Gasteiger charge is -2.21. The minimum absolute atomic E-state index is 0.0711. The van der Waals surface area contributed by atoms with Gasteiger partial charge in [0, 0.05) is 11.5 Å². The van der Waals surface area contributed by atoms with E-state index in [1.807, 2.05) is 11.7 Å². The number of nitrogens with one attached hydrogen (secondary N) is 1. The molecule has 2 aromatic rings. The summed E-state index contributed by atoms with van der Waals surface area (Å²) in [5.74, 6) is 0. The first-order chi connectivity index (χ1) is 9.54. The van der Waals surface area contributed by atoms with Crippen molar-refractivity contribution >= 4 is 31.9 Å². The number of hydrogen-bond acceptors (Lipinski definition) is 3. The second-order valence-electron chi connectivity index (χ2n) is 4.78. The Balaban J connectivity index is 2.50. The van der Waals surface area contributed by atoms with E-state index in [4.69, 9.17) is 0 Å². The summed E-state index contributed by atoms with van der Waals surface area (Å²) in [7, 11) is 1.92. The zero-order chi connectivity index (χ0) is 14.7. The van der Waals surface area contributed by atoms with E-state index < -0.39 is 0 Å². The second kappa shape index (κ2) is 6.83. The van der Waals surface area contributed by atoms with Gasteiger partial charge in [-0.3, -0.25) is 0 Å². The molecule has 1 aromatic carbocycles. The van der Waals surface area contributed by atoms with E-state index in [-0.39, 0.29) is 6.04 Å². The minimum Gasteiger partial charge on any atom is -0.305 e. The highest BCUT2D eigenvalue weighted by Crippen LogP contribution is 2.30. The summed E-state index contributed by atoms with van der Waals surface area (Å²) in [6.07, 6.45) is 1.08. The maximum absolute atomic E-state index is 4.10. The lowest BCUT2D eigenvalue weighted by molar-refractivity contribution is 0.547. The molecule has 2 rings (SSSR count). The van der Waals surface area contributed by atoms with Crippen LogP contribution in [-0.2, 0) is 7.05 Å². The predicted molar refractivity (Wildman–Crippen MR) is 87.7 cm³/mol. The molecule has 0 saturated heterocycles. The zero-order valence-electron chi connectivity index (χ0n) is 11.8. The third kappa shape index (κ3) is 3.30. The van der Waals surface area contributed by atoms with Gasteiger partial charge >= 0.3 is 0 Å². The summed E-state index contributed by atoms with van der Waals surface area (Å²) < 4.78 is 3.68. The first kappa shape index (κ1) is 15.7. The number of halogens is 2. The Morgan fingerprint density at radius 1 is 1.35 bits per heavy atom. The Kier molecular flexibility index (Phi) is 5.35. The van der Waals surface area contributed by atoms with Gasteiger partial charge in [0.15, 0.2) is 4.60 Å². The molecule has 0 bridgehead atoms. The van der Waals surface area contributed by atoms with Crippen molar-refractivity contribution in [2.45, 2.75) is 26.3 Å². The van der Waals surface area contributed by atoms with Gasteiger partial charge in [-0.1, -0.05) is 34.1 Å². The number of rotatable bonds is 5. The summed E-state index contributed by atoms with van der Waals surface area (Å²) in [4.78, 5) is 0. The van der Waals surface area contributed by atoms with Gasteiger partial charge in [0.1, 0.15) is 0 Å². The van der Waals surface area contributed by atoms with Crippen LogP contribution in [0.1, 0.15) is 36.2 Å². The average Bonchev–Trinajstić information content (AvgIpc) is 2.74. The van der Waals surface area contributed by atoms with Crippen molar-refractivity contribution in [3.8, 4) is 0 Å². The molecule has 1 heterocycles. The topological polar surface area (TPSA) is 42.7 Å². The second-order valence-corrected chi connectivity index (χ2v) is 6.44. The van der Waals surface area contributed by atoms with Crippen molar-refractivity contribution in [1.29, 1.82) is 0 Å². The molecule has 6 heteroatoms. The molecule has 0 aliphatic rings. The molecule has 0 spiro atoms. The average molecular weight is 402 g/mol. The van der Waals surface area contributed by atoms with Crippen LogP contribution in [0.15, 0.2) is 27.3 Å². The molecule has 0 amide bonds. The van der Waals surface area contributed by atoms with Crippen molar-refractivity contribution in [1.82, 2.24) is 20.3 Å². The number of aryl methyl sites for hydroxylation is 2. The lowest BCUT2D eigenvalue weighted by Crippen LogP contribution is -2.26.